The Kier molecular flexibility index (Phi) is 3.43. The summed E-state index contributed by atoms with van der Waals surface area (Å²) in [6.07, 6.45) is 5.73. The highest BCUT2D eigenvalue weighted by atomic mass is 14.5. The summed E-state index contributed by atoms with van der Waals surface area (Å²) in [6.45, 7) is 11.9. The van der Waals surface area contributed by atoms with Crippen molar-refractivity contribution < 1.29 is 0 Å². The number of hydrogen-bond acceptors (Lipinski definition) is 0. The van der Waals surface area contributed by atoms with E-state index in [1.807, 2.05) is 0 Å². The Hall–Kier alpha value is 0. The Bertz CT molecular complexity index is 157. The summed E-state index contributed by atoms with van der Waals surface area (Å²) in [4.78, 5) is 0. The predicted molar refractivity (Wildman–Crippen MR) is 59.7 cm³/mol. The summed E-state index contributed by atoms with van der Waals surface area (Å²) in [5.41, 5.74) is 0.690. The standard InChI is InChI=1S/C13H26/c1-6-10(2)11(3)7-8-12-9-13(12,4)5/h10-12H,6-9H2,1-5H3. The molecular weight excluding hydrogens is 156 g/mol. The van der Waals surface area contributed by atoms with Crippen LogP contribution in [0, 0.1) is 23.2 Å². The van der Waals surface area contributed by atoms with Gasteiger partial charge in [-0.1, -0.05) is 47.5 Å². The molecule has 0 N–H and O–H groups in total. The molecule has 0 saturated heterocycles. The van der Waals surface area contributed by atoms with Crippen LogP contribution in [0.25, 0.3) is 0 Å². The highest BCUT2D eigenvalue weighted by Crippen LogP contribution is 2.54. The smallest absolute Gasteiger partial charge is 0.0323 e. The first-order valence-electron chi connectivity index (χ1n) is 5.97. The van der Waals surface area contributed by atoms with Crippen LogP contribution < -0.4 is 0 Å². The van der Waals surface area contributed by atoms with E-state index >= 15 is 0 Å². The van der Waals surface area contributed by atoms with Gasteiger partial charge in [-0.25, -0.2) is 0 Å². The maximum Gasteiger partial charge on any atom is -0.0323 e. The zero-order valence-electron chi connectivity index (χ0n) is 10.1. The molecule has 13 heavy (non-hydrogen) atoms. The minimum atomic E-state index is 0.690. The summed E-state index contributed by atoms with van der Waals surface area (Å²) >= 11 is 0. The molecule has 0 aromatic heterocycles. The summed E-state index contributed by atoms with van der Waals surface area (Å²) in [5, 5.41) is 0. The molecule has 0 nitrogen and oxygen atoms in total. The lowest BCUT2D eigenvalue weighted by Gasteiger charge is -2.18. The topological polar surface area (TPSA) is 0 Å². The monoisotopic (exact) mass is 182 g/mol. The molecule has 0 aromatic rings. The van der Waals surface area contributed by atoms with Crippen molar-refractivity contribution in [1.82, 2.24) is 0 Å². The van der Waals surface area contributed by atoms with Crippen LogP contribution in [-0.2, 0) is 0 Å². The Morgan fingerprint density at radius 1 is 1.23 bits per heavy atom. The molecule has 1 saturated carbocycles. The SMILES string of the molecule is CCC(C)C(C)CCC1CC1(C)C. The minimum Gasteiger partial charge on any atom is -0.0651 e. The van der Waals surface area contributed by atoms with E-state index in [1.165, 1.54) is 25.7 Å². The summed E-state index contributed by atoms with van der Waals surface area (Å²) < 4.78 is 0. The van der Waals surface area contributed by atoms with E-state index in [2.05, 4.69) is 34.6 Å². The summed E-state index contributed by atoms with van der Waals surface area (Å²) in [6, 6.07) is 0. The second-order valence-electron chi connectivity index (χ2n) is 5.83. The average molecular weight is 182 g/mol. The van der Waals surface area contributed by atoms with Gasteiger partial charge in [0.15, 0.2) is 0 Å². The maximum absolute atomic E-state index is 2.42. The zero-order chi connectivity index (χ0) is 10.1. The molecule has 3 atom stereocenters. The van der Waals surface area contributed by atoms with Gasteiger partial charge in [-0.3, -0.25) is 0 Å². The maximum atomic E-state index is 2.42. The normalized spacial score (nSPS) is 29.8. The fourth-order valence-corrected chi connectivity index (χ4v) is 2.22. The molecule has 1 aliphatic carbocycles. The van der Waals surface area contributed by atoms with E-state index in [1.54, 1.807) is 0 Å². The quantitative estimate of drug-likeness (QED) is 0.587. The lowest BCUT2D eigenvalue weighted by Crippen LogP contribution is -2.07. The third-order valence-electron chi connectivity index (χ3n) is 4.30. The number of rotatable bonds is 5. The van der Waals surface area contributed by atoms with Crippen molar-refractivity contribution in [3.63, 3.8) is 0 Å². The average Bonchev–Trinajstić information content (AvgIpc) is 2.68. The Labute approximate surface area is 84.1 Å². The van der Waals surface area contributed by atoms with Gasteiger partial charge in [-0.2, -0.15) is 0 Å². The highest BCUT2D eigenvalue weighted by molar-refractivity contribution is 4.94. The zero-order valence-corrected chi connectivity index (χ0v) is 10.1. The van der Waals surface area contributed by atoms with Gasteiger partial charge >= 0.3 is 0 Å². The van der Waals surface area contributed by atoms with Crippen molar-refractivity contribution in [2.75, 3.05) is 0 Å². The van der Waals surface area contributed by atoms with Crippen molar-refractivity contribution in [3.05, 3.63) is 0 Å². The molecular formula is C13H26. The van der Waals surface area contributed by atoms with Crippen LogP contribution in [0.4, 0.5) is 0 Å². The van der Waals surface area contributed by atoms with Gasteiger partial charge in [0.25, 0.3) is 0 Å². The van der Waals surface area contributed by atoms with E-state index < -0.39 is 0 Å². The van der Waals surface area contributed by atoms with E-state index in [0.29, 0.717) is 5.41 Å². The van der Waals surface area contributed by atoms with Gasteiger partial charge in [-0.15, -0.1) is 0 Å². The second kappa shape index (κ2) is 4.02. The highest BCUT2D eigenvalue weighted by Gasteiger charge is 2.44. The van der Waals surface area contributed by atoms with E-state index in [0.717, 1.165) is 17.8 Å². The summed E-state index contributed by atoms with van der Waals surface area (Å²) in [5.74, 6) is 2.89. The van der Waals surface area contributed by atoms with Gasteiger partial charge in [0, 0.05) is 0 Å². The Morgan fingerprint density at radius 3 is 2.15 bits per heavy atom. The molecule has 0 aliphatic heterocycles. The fraction of sp³-hybridized carbons (Fsp3) is 1.00. The van der Waals surface area contributed by atoms with Crippen LogP contribution in [-0.4, -0.2) is 0 Å². The number of hydrogen-bond donors (Lipinski definition) is 0. The van der Waals surface area contributed by atoms with Crippen LogP contribution in [0.5, 0.6) is 0 Å². The van der Waals surface area contributed by atoms with Crippen molar-refractivity contribution in [1.29, 1.82) is 0 Å². The molecule has 78 valence electrons. The third kappa shape index (κ3) is 3.00. The molecule has 0 aromatic carbocycles. The van der Waals surface area contributed by atoms with Crippen LogP contribution in [0.2, 0.25) is 0 Å². The van der Waals surface area contributed by atoms with Crippen LogP contribution in [0.3, 0.4) is 0 Å². The minimum absolute atomic E-state index is 0.690. The molecule has 1 fully saturated rings. The Morgan fingerprint density at radius 2 is 1.77 bits per heavy atom. The predicted octanol–water partition coefficient (Wildman–Crippen LogP) is 4.49. The molecule has 1 aliphatic rings. The van der Waals surface area contributed by atoms with E-state index in [-0.39, 0.29) is 0 Å². The fourth-order valence-electron chi connectivity index (χ4n) is 2.22. The van der Waals surface area contributed by atoms with Crippen molar-refractivity contribution in [3.8, 4) is 0 Å². The van der Waals surface area contributed by atoms with Crippen molar-refractivity contribution >= 4 is 0 Å². The third-order valence-corrected chi connectivity index (χ3v) is 4.30. The molecule has 0 amide bonds. The molecule has 3 unspecified atom stereocenters. The first-order valence-corrected chi connectivity index (χ1v) is 5.97. The molecule has 0 bridgehead atoms. The molecule has 1 rings (SSSR count). The first kappa shape index (κ1) is 11.1. The molecule has 0 spiro atoms. The van der Waals surface area contributed by atoms with E-state index in [4.69, 9.17) is 0 Å². The summed E-state index contributed by atoms with van der Waals surface area (Å²) in [7, 11) is 0. The van der Waals surface area contributed by atoms with Gasteiger partial charge in [0.2, 0.25) is 0 Å². The van der Waals surface area contributed by atoms with Gasteiger partial charge in [-0.05, 0) is 36.0 Å². The molecule has 0 heterocycles. The molecule has 0 radical (unpaired) electrons. The van der Waals surface area contributed by atoms with Crippen LogP contribution in [0.1, 0.15) is 60.3 Å². The second-order valence-corrected chi connectivity index (χ2v) is 5.83. The lowest BCUT2D eigenvalue weighted by molar-refractivity contribution is 0.332. The van der Waals surface area contributed by atoms with Gasteiger partial charge < -0.3 is 0 Å². The van der Waals surface area contributed by atoms with E-state index in [9.17, 15) is 0 Å². The Balaban J connectivity index is 2.13. The van der Waals surface area contributed by atoms with Crippen LogP contribution >= 0.6 is 0 Å². The largest absolute Gasteiger partial charge is 0.0651 e. The van der Waals surface area contributed by atoms with Gasteiger partial charge in [0.1, 0.15) is 0 Å². The first-order chi connectivity index (χ1) is 5.97. The van der Waals surface area contributed by atoms with Crippen LogP contribution in [0.15, 0.2) is 0 Å². The van der Waals surface area contributed by atoms with Crippen molar-refractivity contribution in [2.45, 2.75) is 60.3 Å². The van der Waals surface area contributed by atoms with Gasteiger partial charge in [0.05, 0.1) is 0 Å². The lowest BCUT2D eigenvalue weighted by atomic mass is 9.88. The molecule has 0 heteroatoms. The van der Waals surface area contributed by atoms with Crippen molar-refractivity contribution in [2.24, 2.45) is 23.2 Å².